The van der Waals surface area contributed by atoms with Gasteiger partial charge in [-0.15, -0.1) is 0 Å². The SMILES string of the molecule is CC(C)(C)c1ccc2c(c1)C=C(Br)C(c1ccccc1)CC2. The highest BCUT2D eigenvalue weighted by molar-refractivity contribution is 9.11. The van der Waals surface area contributed by atoms with Crippen LogP contribution in [0.2, 0.25) is 0 Å². The van der Waals surface area contributed by atoms with Gasteiger partial charge in [0, 0.05) is 10.4 Å². The summed E-state index contributed by atoms with van der Waals surface area (Å²) in [6.45, 7) is 6.82. The van der Waals surface area contributed by atoms with Gasteiger partial charge in [0.2, 0.25) is 0 Å². The van der Waals surface area contributed by atoms with Crippen LogP contribution in [-0.4, -0.2) is 0 Å². The number of hydrogen-bond acceptors (Lipinski definition) is 0. The molecule has 0 bridgehead atoms. The Morgan fingerprint density at radius 3 is 2.41 bits per heavy atom. The van der Waals surface area contributed by atoms with Crippen molar-refractivity contribution in [3.05, 3.63) is 75.3 Å². The molecule has 0 fully saturated rings. The van der Waals surface area contributed by atoms with Crippen molar-refractivity contribution in [1.29, 1.82) is 0 Å². The lowest BCUT2D eigenvalue weighted by Gasteiger charge is -2.20. The van der Waals surface area contributed by atoms with E-state index in [4.69, 9.17) is 0 Å². The van der Waals surface area contributed by atoms with Crippen molar-refractivity contribution in [2.24, 2.45) is 0 Å². The zero-order chi connectivity index (χ0) is 15.7. The van der Waals surface area contributed by atoms with Crippen LogP contribution in [0.5, 0.6) is 0 Å². The minimum atomic E-state index is 0.195. The number of fused-ring (bicyclic) bond motifs is 1. The molecule has 2 aromatic carbocycles. The summed E-state index contributed by atoms with van der Waals surface area (Å²) in [5.41, 5.74) is 5.83. The Labute approximate surface area is 142 Å². The van der Waals surface area contributed by atoms with Crippen molar-refractivity contribution >= 4 is 22.0 Å². The van der Waals surface area contributed by atoms with E-state index in [0.717, 1.165) is 12.8 Å². The predicted octanol–water partition coefficient (Wildman–Crippen LogP) is 6.45. The first-order valence-corrected chi connectivity index (χ1v) is 8.80. The van der Waals surface area contributed by atoms with Gasteiger partial charge in [0.15, 0.2) is 0 Å². The van der Waals surface area contributed by atoms with Crippen LogP contribution in [0.25, 0.3) is 6.08 Å². The van der Waals surface area contributed by atoms with Gasteiger partial charge in [-0.1, -0.05) is 85.2 Å². The Morgan fingerprint density at radius 1 is 1.00 bits per heavy atom. The van der Waals surface area contributed by atoms with Crippen molar-refractivity contribution in [2.45, 2.75) is 44.9 Å². The standard InChI is InChI=1S/C21H23Br/c1-21(2,3)18-11-9-15-10-12-19(16-7-5-4-6-8-16)20(22)14-17(15)13-18/h4-9,11,13-14,19H,10,12H2,1-3H3. The first kappa shape index (κ1) is 15.6. The van der Waals surface area contributed by atoms with Crippen LogP contribution in [0.3, 0.4) is 0 Å². The van der Waals surface area contributed by atoms with Gasteiger partial charge >= 0.3 is 0 Å². The first-order valence-electron chi connectivity index (χ1n) is 8.00. The van der Waals surface area contributed by atoms with Crippen LogP contribution in [0.4, 0.5) is 0 Å². The molecule has 1 unspecified atom stereocenters. The molecule has 22 heavy (non-hydrogen) atoms. The minimum Gasteiger partial charge on any atom is -0.0622 e. The highest BCUT2D eigenvalue weighted by atomic mass is 79.9. The van der Waals surface area contributed by atoms with Crippen LogP contribution < -0.4 is 0 Å². The Balaban J connectivity index is 1.99. The molecule has 0 aliphatic heterocycles. The molecule has 0 nitrogen and oxygen atoms in total. The molecular weight excluding hydrogens is 332 g/mol. The van der Waals surface area contributed by atoms with Gasteiger partial charge in [-0.25, -0.2) is 0 Å². The first-order chi connectivity index (χ1) is 10.4. The summed E-state index contributed by atoms with van der Waals surface area (Å²) in [6.07, 6.45) is 4.61. The lowest BCUT2D eigenvalue weighted by Crippen LogP contribution is -2.11. The monoisotopic (exact) mass is 354 g/mol. The molecule has 1 heteroatoms. The average Bonchev–Trinajstić information content (AvgIpc) is 2.64. The van der Waals surface area contributed by atoms with Crippen LogP contribution in [-0.2, 0) is 11.8 Å². The maximum Gasteiger partial charge on any atom is 0.0159 e. The third-order valence-corrected chi connectivity index (χ3v) is 5.32. The number of aryl methyl sites for hydroxylation is 1. The third-order valence-electron chi connectivity index (χ3n) is 4.54. The van der Waals surface area contributed by atoms with Crippen LogP contribution in [0, 0.1) is 0 Å². The topological polar surface area (TPSA) is 0 Å². The average molecular weight is 355 g/mol. The zero-order valence-electron chi connectivity index (χ0n) is 13.6. The highest BCUT2D eigenvalue weighted by Gasteiger charge is 2.21. The fraction of sp³-hybridized carbons (Fsp3) is 0.333. The van der Waals surface area contributed by atoms with E-state index in [2.05, 4.69) is 91.3 Å². The van der Waals surface area contributed by atoms with Gasteiger partial charge in [0.25, 0.3) is 0 Å². The normalized spacial score (nSPS) is 18.4. The number of allylic oxidation sites excluding steroid dienone is 1. The number of halogens is 1. The summed E-state index contributed by atoms with van der Waals surface area (Å²) >= 11 is 3.85. The maximum absolute atomic E-state index is 3.85. The van der Waals surface area contributed by atoms with Gasteiger partial charge in [0.05, 0.1) is 0 Å². The summed E-state index contributed by atoms with van der Waals surface area (Å²) in [5.74, 6) is 0.465. The second kappa shape index (κ2) is 6.04. The van der Waals surface area contributed by atoms with Crippen molar-refractivity contribution in [3.63, 3.8) is 0 Å². The molecule has 1 aliphatic rings. The lowest BCUT2D eigenvalue weighted by atomic mass is 9.85. The quantitative estimate of drug-likeness (QED) is 0.551. The summed E-state index contributed by atoms with van der Waals surface area (Å²) < 4.78 is 1.29. The van der Waals surface area contributed by atoms with Gasteiger partial charge in [-0.2, -0.15) is 0 Å². The Morgan fingerprint density at radius 2 is 1.73 bits per heavy atom. The molecule has 0 saturated carbocycles. The molecule has 0 spiro atoms. The molecule has 0 saturated heterocycles. The number of hydrogen-bond donors (Lipinski definition) is 0. The Kier molecular flexibility index (Phi) is 4.27. The highest BCUT2D eigenvalue weighted by Crippen LogP contribution is 2.38. The molecule has 2 aromatic rings. The van der Waals surface area contributed by atoms with Gasteiger partial charge in [-0.3, -0.25) is 0 Å². The van der Waals surface area contributed by atoms with E-state index in [9.17, 15) is 0 Å². The van der Waals surface area contributed by atoms with E-state index in [1.54, 1.807) is 0 Å². The summed E-state index contributed by atoms with van der Waals surface area (Å²) in [7, 11) is 0. The molecule has 114 valence electrons. The lowest BCUT2D eigenvalue weighted by molar-refractivity contribution is 0.589. The third kappa shape index (κ3) is 3.20. The second-order valence-corrected chi connectivity index (χ2v) is 8.11. The minimum absolute atomic E-state index is 0.195. The molecule has 0 aromatic heterocycles. The van der Waals surface area contributed by atoms with Gasteiger partial charge < -0.3 is 0 Å². The number of benzene rings is 2. The second-order valence-electron chi connectivity index (χ2n) is 7.19. The molecule has 0 N–H and O–H groups in total. The molecular formula is C21H23Br. The summed E-state index contributed by atoms with van der Waals surface area (Å²) in [6, 6.07) is 17.8. The molecule has 0 radical (unpaired) electrons. The zero-order valence-corrected chi connectivity index (χ0v) is 15.2. The van der Waals surface area contributed by atoms with E-state index in [1.165, 1.54) is 26.7 Å². The van der Waals surface area contributed by atoms with Crippen molar-refractivity contribution in [2.75, 3.05) is 0 Å². The van der Waals surface area contributed by atoms with E-state index in [0.29, 0.717) is 5.92 Å². The molecule has 1 aliphatic carbocycles. The Bertz CT molecular complexity index is 690. The van der Waals surface area contributed by atoms with E-state index < -0.39 is 0 Å². The summed E-state index contributed by atoms with van der Waals surface area (Å²) in [4.78, 5) is 0. The maximum atomic E-state index is 3.85. The summed E-state index contributed by atoms with van der Waals surface area (Å²) in [5, 5.41) is 0. The fourth-order valence-electron chi connectivity index (χ4n) is 3.12. The van der Waals surface area contributed by atoms with Gasteiger partial charge in [-0.05, 0) is 46.6 Å². The van der Waals surface area contributed by atoms with E-state index >= 15 is 0 Å². The smallest absolute Gasteiger partial charge is 0.0159 e. The van der Waals surface area contributed by atoms with Crippen LogP contribution in [0.15, 0.2) is 53.0 Å². The fourth-order valence-corrected chi connectivity index (χ4v) is 3.86. The van der Waals surface area contributed by atoms with E-state index in [-0.39, 0.29) is 5.41 Å². The molecule has 1 atom stereocenters. The molecule has 0 heterocycles. The predicted molar refractivity (Wildman–Crippen MR) is 99.6 cm³/mol. The van der Waals surface area contributed by atoms with E-state index in [1.807, 2.05) is 0 Å². The largest absolute Gasteiger partial charge is 0.0622 e. The molecule has 3 rings (SSSR count). The molecule has 0 amide bonds. The van der Waals surface area contributed by atoms with Crippen LogP contribution in [0.1, 0.15) is 55.4 Å². The van der Waals surface area contributed by atoms with Crippen molar-refractivity contribution < 1.29 is 0 Å². The van der Waals surface area contributed by atoms with Crippen molar-refractivity contribution in [3.8, 4) is 0 Å². The van der Waals surface area contributed by atoms with Crippen LogP contribution >= 0.6 is 15.9 Å². The number of rotatable bonds is 1. The van der Waals surface area contributed by atoms with Gasteiger partial charge in [0.1, 0.15) is 0 Å². The van der Waals surface area contributed by atoms with Crippen molar-refractivity contribution in [1.82, 2.24) is 0 Å². The Hall–Kier alpha value is -1.34.